The van der Waals surface area contributed by atoms with Crippen molar-refractivity contribution in [1.29, 1.82) is 0 Å². The number of carbonyl (C=O) groups excluding carboxylic acids is 1. The van der Waals surface area contributed by atoms with Crippen LogP contribution in [0, 0.1) is 0 Å². The molecule has 3 aromatic rings. The van der Waals surface area contributed by atoms with E-state index in [9.17, 15) is 4.79 Å². The minimum Gasteiger partial charge on any atom is -0.331 e. The Labute approximate surface area is 121 Å². The van der Waals surface area contributed by atoms with Gasteiger partial charge in [0.15, 0.2) is 5.65 Å². The number of hydrogen-bond donors (Lipinski definition) is 2. The molecule has 3 rings (SSSR count). The van der Waals surface area contributed by atoms with Gasteiger partial charge in [0.05, 0.1) is 6.04 Å². The van der Waals surface area contributed by atoms with Crippen LogP contribution < -0.4 is 10.6 Å². The van der Waals surface area contributed by atoms with Gasteiger partial charge in [0.1, 0.15) is 0 Å². The van der Waals surface area contributed by atoms with Crippen LogP contribution in [0.4, 0.5) is 10.7 Å². The first-order chi connectivity index (χ1) is 10.2. The summed E-state index contributed by atoms with van der Waals surface area (Å²) in [6.45, 7) is 1.89. The first-order valence-electron chi connectivity index (χ1n) is 6.51. The van der Waals surface area contributed by atoms with Gasteiger partial charge in [-0.2, -0.15) is 4.98 Å². The summed E-state index contributed by atoms with van der Waals surface area (Å²) in [5, 5.41) is 9.60. The van der Waals surface area contributed by atoms with Crippen LogP contribution in [-0.2, 0) is 0 Å². The highest BCUT2D eigenvalue weighted by Gasteiger charge is 2.11. The maximum Gasteiger partial charge on any atom is 0.322 e. The zero-order valence-electron chi connectivity index (χ0n) is 11.4. The van der Waals surface area contributed by atoms with E-state index in [1.807, 2.05) is 37.3 Å². The molecule has 1 atom stereocenters. The number of carbonyl (C=O) groups is 1. The second-order valence-electron chi connectivity index (χ2n) is 4.54. The molecule has 1 unspecified atom stereocenters. The molecule has 0 aliphatic rings. The van der Waals surface area contributed by atoms with E-state index < -0.39 is 0 Å². The number of aromatic nitrogens is 4. The summed E-state index contributed by atoms with van der Waals surface area (Å²) in [5.74, 6) is 0.264. The molecule has 2 N–H and O–H groups in total. The molecule has 7 nitrogen and oxygen atoms in total. The fourth-order valence-corrected chi connectivity index (χ4v) is 1.95. The van der Waals surface area contributed by atoms with Gasteiger partial charge in [-0.1, -0.05) is 6.07 Å². The second kappa shape index (κ2) is 5.58. The molecule has 0 aromatic carbocycles. The van der Waals surface area contributed by atoms with Crippen LogP contribution in [0.3, 0.4) is 0 Å². The Balaban J connectivity index is 1.66. The van der Waals surface area contributed by atoms with Crippen LogP contribution >= 0.6 is 0 Å². The minimum absolute atomic E-state index is 0.134. The van der Waals surface area contributed by atoms with Gasteiger partial charge in [-0.15, -0.1) is 5.10 Å². The van der Waals surface area contributed by atoms with Crippen LogP contribution in [0.2, 0.25) is 0 Å². The van der Waals surface area contributed by atoms with Gasteiger partial charge in [0, 0.05) is 18.6 Å². The number of urea groups is 1. The molecule has 0 fully saturated rings. The van der Waals surface area contributed by atoms with Gasteiger partial charge in [0.25, 0.3) is 5.95 Å². The lowest BCUT2D eigenvalue weighted by molar-refractivity contribution is 0.249. The molecule has 0 bridgehead atoms. The van der Waals surface area contributed by atoms with E-state index in [0.717, 1.165) is 5.56 Å². The smallest absolute Gasteiger partial charge is 0.322 e. The lowest BCUT2D eigenvalue weighted by Gasteiger charge is -2.13. The van der Waals surface area contributed by atoms with E-state index in [2.05, 4.69) is 25.7 Å². The molecular formula is C14H14N6O. The first-order valence-corrected chi connectivity index (χ1v) is 6.51. The van der Waals surface area contributed by atoms with Crippen molar-refractivity contribution in [2.75, 3.05) is 5.32 Å². The standard InChI is InChI=1S/C14H14N6O/c1-10(11-5-7-15-8-6-11)16-14(21)18-13-17-12-4-2-3-9-20(12)19-13/h2-10H,1H3,(H2,16,18,19,21). The van der Waals surface area contributed by atoms with Gasteiger partial charge in [0.2, 0.25) is 0 Å². The number of anilines is 1. The van der Waals surface area contributed by atoms with Crippen LogP contribution in [0.25, 0.3) is 5.65 Å². The van der Waals surface area contributed by atoms with E-state index in [-0.39, 0.29) is 18.0 Å². The van der Waals surface area contributed by atoms with Gasteiger partial charge in [-0.05, 0) is 36.8 Å². The predicted molar refractivity (Wildman–Crippen MR) is 77.8 cm³/mol. The van der Waals surface area contributed by atoms with Crippen LogP contribution in [0.5, 0.6) is 0 Å². The van der Waals surface area contributed by atoms with Crippen LogP contribution in [-0.4, -0.2) is 25.6 Å². The van der Waals surface area contributed by atoms with Crippen molar-refractivity contribution < 1.29 is 4.79 Å². The summed E-state index contributed by atoms with van der Waals surface area (Å²) >= 11 is 0. The summed E-state index contributed by atoms with van der Waals surface area (Å²) in [4.78, 5) is 20.1. The monoisotopic (exact) mass is 282 g/mol. The molecule has 7 heteroatoms. The number of nitrogens with one attached hydrogen (secondary N) is 2. The van der Waals surface area contributed by atoms with E-state index in [1.165, 1.54) is 0 Å². The molecule has 0 radical (unpaired) electrons. The molecule has 0 aliphatic carbocycles. The van der Waals surface area contributed by atoms with Crippen molar-refractivity contribution >= 4 is 17.6 Å². The summed E-state index contributed by atoms with van der Waals surface area (Å²) in [5.41, 5.74) is 1.65. The molecule has 0 saturated carbocycles. The fraction of sp³-hybridized carbons (Fsp3) is 0.143. The fourth-order valence-electron chi connectivity index (χ4n) is 1.95. The van der Waals surface area contributed by atoms with E-state index in [4.69, 9.17) is 0 Å². The van der Waals surface area contributed by atoms with Crippen molar-refractivity contribution in [3.63, 3.8) is 0 Å². The van der Waals surface area contributed by atoms with Crippen molar-refractivity contribution in [3.05, 3.63) is 54.5 Å². The Morgan fingerprint density at radius 2 is 2.05 bits per heavy atom. The maximum absolute atomic E-state index is 11.9. The van der Waals surface area contributed by atoms with Crippen LogP contribution in [0.1, 0.15) is 18.5 Å². The number of fused-ring (bicyclic) bond motifs is 1. The number of rotatable bonds is 3. The number of nitrogens with zero attached hydrogens (tertiary/aromatic N) is 4. The normalized spacial score (nSPS) is 12.0. The highest BCUT2D eigenvalue weighted by Crippen LogP contribution is 2.10. The highest BCUT2D eigenvalue weighted by molar-refractivity contribution is 5.87. The van der Waals surface area contributed by atoms with E-state index >= 15 is 0 Å². The molecule has 0 saturated heterocycles. The van der Waals surface area contributed by atoms with Gasteiger partial charge in [-0.3, -0.25) is 10.3 Å². The predicted octanol–water partition coefficient (Wildman–Crippen LogP) is 2.01. The van der Waals surface area contributed by atoms with Gasteiger partial charge < -0.3 is 5.32 Å². The minimum atomic E-state index is -0.352. The summed E-state index contributed by atoms with van der Waals surface area (Å²) in [6, 6.07) is 8.74. The second-order valence-corrected chi connectivity index (χ2v) is 4.54. The average Bonchev–Trinajstić information content (AvgIpc) is 2.90. The third-order valence-electron chi connectivity index (χ3n) is 3.02. The van der Waals surface area contributed by atoms with Crippen molar-refractivity contribution in [3.8, 4) is 0 Å². The third-order valence-corrected chi connectivity index (χ3v) is 3.02. The van der Waals surface area contributed by atoms with Crippen molar-refractivity contribution in [2.45, 2.75) is 13.0 Å². The zero-order valence-corrected chi connectivity index (χ0v) is 11.4. The van der Waals surface area contributed by atoms with E-state index in [1.54, 1.807) is 23.1 Å². The largest absolute Gasteiger partial charge is 0.331 e. The lowest BCUT2D eigenvalue weighted by Crippen LogP contribution is -2.31. The Bertz CT molecular complexity index is 721. The summed E-state index contributed by atoms with van der Waals surface area (Å²) in [7, 11) is 0. The van der Waals surface area contributed by atoms with E-state index in [0.29, 0.717) is 5.65 Å². The molecular weight excluding hydrogens is 268 g/mol. The third kappa shape index (κ3) is 2.97. The number of hydrogen-bond acceptors (Lipinski definition) is 4. The van der Waals surface area contributed by atoms with Crippen molar-refractivity contribution in [1.82, 2.24) is 24.9 Å². The molecule has 21 heavy (non-hydrogen) atoms. The Hall–Kier alpha value is -2.96. The average molecular weight is 282 g/mol. The lowest BCUT2D eigenvalue weighted by atomic mass is 10.1. The Morgan fingerprint density at radius 1 is 1.24 bits per heavy atom. The highest BCUT2D eigenvalue weighted by atomic mass is 16.2. The molecule has 0 spiro atoms. The summed E-state index contributed by atoms with van der Waals surface area (Å²) < 4.78 is 1.60. The quantitative estimate of drug-likeness (QED) is 0.769. The SMILES string of the molecule is CC(NC(=O)Nc1nc2ccccn2n1)c1ccncc1. The van der Waals surface area contributed by atoms with Crippen molar-refractivity contribution in [2.24, 2.45) is 0 Å². The molecule has 0 aliphatic heterocycles. The number of pyridine rings is 2. The topological polar surface area (TPSA) is 84.2 Å². The number of amides is 2. The molecule has 106 valence electrons. The first kappa shape index (κ1) is 13.0. The molecule has 3 heterocycles. The Morgan fingerprint density at radius 3 is 2.81 bits per heavy atom. The Kier molecular flexibility index (Phi) is 3.46. The maximum atomic E-state index is 11.9. The molecule has 3 aromatic heterocycles. The summed E-state index contributed by atoms with van der Waals surface area (Å²) in [6.07, 6.45) is 5.15. The van der Waals surface area contributed by atoms with Crippen LogP contribution in [0.15, 0.2) is 48.9 Å². The molecule has 2 amide bonds. The van der Waals surface area contributed by atoms with Gasteiger partial charge in [-0.25, -0.2) is 9.31 Å². The zero-order chi connectivity index (χ0) is 14.7. The van der Waals surface area contributed by atoms with Gasteiger partial charge >= 0.3 is 6.03 Å².